The van der Waals surface area contributed by atoms with E-state index in [2.05, 4.69) is 20.3 Å². The van der Waals surface area contributed by atoms with E-state index in [1.54, 1.807) is 18.7 Å². The third-order valence-corrected chi connectivity index (χ3v) is 4.39. The highest BCUT2D eigenvalue weighted by molar-refractivity contribution is 5.90. The van der Waals surface area contributed by atoms with E-state index in [-0.39, 0.29) is 12.5 Å². The molecule has 3 aromatic rings. The Morgan fingerprint density at radius 3 is 2.60 bits per heavy atom. The topological polar surface area (TPSA) is 72.7 Å². The molecule has 0 bridgehead atoms. The third kappa shape index (κ3) is 3.42. The van der Waals surface area contributed by atoms with Crippen LogP contribution in [-0.4, -0.2) is 25.4 Å². The highest BCUT2D eigenvalue weighted by atomic mass is 16.1. The van der Waals surface area contributed by atoms with Crippen molar-refractivity contribution in [3.05, 3.63) is 60.4 Å². The minimum atomic E-state index is -0.0955. The van der Waals surface area contributed by atoms with Crippen LogP contribution in [-0.2, 0) is 24.2 Å². The molecule has 1 amide bonds. The number of rotatable bonds is 4. The normalized spacial score (nSPS) is 13.3. The van der Waals surface area contributed by atoms with E-state index < -0.39 is 0 Å². The van der Waals surface area contributed by atoms with Gasteiger partial charge in [-0.1, -0.05) is 30.3 Å². The molecule has 2 heterocycles. The maximum absolute atomic E-state index is 12.3. The van der Waals surface area contributed by atoms with Gasteiger partial charge in [0.05, 0.1) is 30.1 Å². The van der Waals surface area contributed by atoms with Gasteiger partial charge < -0.3 is 9.88 Å². The van der Waals surface area contributed by atoms with E-state index in [1.807, 2.05) is 34.9 Å². The molecule has 0 radical (unpaired) electrons. The highest BCUT2D eigenvalue weighted by Gasteiger charge is 2.16. The summed E-state index contributed by atoms with van der Waals surface area (Å²) in [4.78, 5) is 25.4. The zero-order valence-corrected chi connectivity index (χ0v) is 13.9. The molecule has 0 atom stereocenters. The second-order valence-corrected chi connectivity index (χ2v) is 6.18. The lowest BCUT2D eigenvalue weighted by Gasteiger charge is -2.13. The highest BCUT2D eigenvalue weighted by Crippen LogP contribution is 2.20. The summed E-state index contributed by atoms with van der Waals surface area (Å²) >= 11 is 0. The molecule has 0 spiro atoms. The van der Waals surface area contributed by atoms with Crippen LogP contribution in [0.4, 0.5) is 5.69 Å². The van der Waals surface area contributed by atoms with Crippen LogP contribution < -0.4 is 5.32 Å². The number of benzene rings is 1. The van der Waals surface area contributed by atoms with Crippen molar-refractivity contribution in [2.45, 2.75) is 32.2 Å². The molecule has 0 aliphatic heterocycles. The molecular weight excluding hydrogens is 314 g/mol. The van der Waals surface area contributed by atoms with Crippen LogP contribution in [0.15, 0.2) is 49.1 Å². The van der Waals surface area contributed by atoms with Gasteiger partial charge in [0.15, 0.2) is 5.82 Å². The zero-order chi connectivity index (χ0) is 17.1. The molecule has 1 aliphatic rings. The summed E-state index contributed by atoms with van der Waals surface area (Å²) in [6.07, 6.45) is 9.39. The second kappa shape index (κ2) is 6.84. The average Bonchev–Trinajstić information content (AvgIpc) is 3.06. The fraction of sp³-hybridized carbons (Fsp3) is 0.263. The number of fused-ring (bicyclic) bond motifs is 1. The van der Waals surface area contributed by atoms with Crippen molar-refractivity contribution >= 4 is 11.6 Å². The molecule has 126 valence electrons. The van der Waals surface area contributed by atoms with Crippen molar-refractivity contribution in [1.82, 2.24) is 19.5 Å². The Morgan fingerprint density at radius 2 is 1.80 bits per heavy atom. The second-order valence-electron chi connectivity index (χ2n) is 6.18. The van der Waals surface area contributed by atoms with E-state index in [4.69, 9.17) is 0 Å². The predicted octanol–water partition coefficient (Wildman–Crippen LogP) is 2.86. The van der Waals surface area contributed by atoms with Crippen LogP contribution in [0, 0.1) is 0 Å². The van der Waals surface area contributed by atoms with Crippen LogP contribution in [0.1, 0.15) is 24.2 Å². The van der Waals surface area contributed by atoms with Crippen molar-refractivity contribution < 1.29 is 4.79 Å². The third-order valence-electron chi connectivity index (χ3n) is 4.39. The summed E-state index contributed by atoms with van der Waals surface area (Å²) in [6.45, 7) is 0.267. The van der Waals surface area contributed by atoms with Gasteiger partial charge in [-0.05, 0) is 25.7 Å². The minimum Gasteiger partial charge on any atom is -0.325 e. The molecule has 25 heavy (non-hydrogen) atoms. The molecule has 6 heteroatoms. The lowest BCUT2D eigenvalue weighted by Crippen LogP contribution is -2.20. The Morgan fingerprint density at radius 1 is 1.04 bits per heavy atom. The average molecular weight is 333 g/mol. The van der Waals surface area contributed by atoms with Gasteiger partial charge in [0.25, 0.3) is 0 Å². The number of hydrogen-bond acceptors (Lipinski definition) is 4. The van der Waals surface area contributed by atoms with Gasteiger partial charge in [0, 0.05) is 11.3 Å². The van der Waals surface area contributed by atoms with E-state index in [0.717, 1.165) is 30.5 Å². The number of nitrogens with zero attached hydrogens (tertiary/aromatic N) is 4. The molecule has 0 saturated carbocycles. The fourth-order valence-corrected chi connectivity index (χ4v) is 3.15. The largest absolute Gasteiger partial charge is 0.325 e. The molecule has 2 aromatic heterocycles. The zero-order valence-electron chi connectivity index (χ0n) is 13.9. The maximum Gasteiger partial charge on any atom is 0.244 e. The van der Waals surface area contributed by atoms with Crippen molar-refractivity contribution in [2.24, 2.45) is 0 Å². The van der Waals surface area contributed by atoms with Gasteiger partial charge in [-0.2, -0.15) is 0 Å². The smallest absolute Gasteiger partial charge is 0.244 e. The first kappa shape index (κ1) is 15.5. The van der Waals surface area contributed by atoms with E-state index >= 15 is 0 Å². The first-order valence-electron chi connectivity index (χ1n) is 8.50. The Labute approximate surface area is 146 Å². The molecular formula is C19H19N5O. The molecule has 0 fully saturated rings. The summed E-state index contributed by atoms with van der Waals surface area (Å²) in [7, 11) is 0. The number of hydrogen-bond donors (Lipinski definition) is 1. The van der Waals surface area contributed by atoms with Crippen LogP contribution in [0.5, 0.6) is 0 Å². The maximum atomic E-state index is 12.3. The van der Waals surface area contributed by atoms with Gasteiger partial charge in [-0.3, -0.25) is 4.79 Å². The van der Waals surface area contributed by atoms with Crippen LogP contribution in [0.2, 0.25) is 0 Å². The number of nitrogens with one attached hydrogen (secondary N) is 1. The quantitative estimate of drug-likeness (QED) is 0.797. The van der Waals surface area contributed by atoms with Crippen LogP contribution >= 0.6 is 0 Å². The monoisotopic (exact) mass is 333 g/mol. The number of imidazole rings is 1. The Bertz CT molecular complexity index is 871. The first-order chi connectivity index (χ1) is 12.3. The van der Waals surface area contributed by atoms with Crippen molar-refractivity contribution in [3.63, 3.8) is 0 Å². The summed E-state index contributed by atoms with van der Waals surface area (Å²) in [5.41, 5.74) is 3.87. The lowest BCUT2D eigenvalue weighted by atomic mass is 10.0. The number of amides is 1. The van der Waals surface area contributed by atoms with Gasteiger partial charge in [0.2, 0.25) is 5.91 Å². The standard InChI is InChI=1S/C19H19N5O/c25-18(12-24-13-22-16-8-4-5-9-17(16)24)23-15-10-20-19(21-11-15)14-6-2-1-3-7-14/h1-3,6-7,10-11,13H,4-5,8-9,12H2,(H,23,25). The SMILES string of the molecule is O=C(Cn1cnc2c1CCCC2)Nc1cnc(-c2ccccc2)nc1. The van der Waals surface area contributed by atoms with E-state index in [0.29, 0.717) is 11.5 Å². The fourth-order valence-electron chi connectivity index (χ4n) is 3.15. The summed E-state index contributed by atoms with van der Waals surface area (Å²) in [5.74, 6) is 0.545. The molecule has 0 saturated heterocycles. The molecule has 1 aromatic carbocycles. The Balaban J connectivity index is 1.42. The van der Waals surface area contributed by atoms with Gasteiger partial charge in [-0.15, -0.1) is 0 Å². The molecule has 6 nitrogen and oxygen atoms in total. The van der Waals surface area contributed by atoms with Gasteiger partial charge in [0.1, 0.15) is 6.54 Å². The Kier molecular flexibility index (Phi) is 4.24. The van der Waals surface area contributed by atoms with Crippen molar-refractivity contribution in [2.75, 3.05) is 5.32 Å². The number of anilines is 1. The number of aryl methyl sites for hydroxylation is 1. The molecule has 4 rings (SSSR count). The van der Waals surface area contributed by atoms with E-state index in [1.165, 1.54) is 12.1 Å². The molecule has 0 unspecified atom stereocenters. The summed E-state index contributed by atoms with van der Waals surface area (Å²) in [6, 6.07) is 9.75. The Hall–Kier alpha value is -3.02. The minimum absolute atomic E-state index is 0.0955. The van der Waals surface area contributed by atoms with E-state index in [9.17, 15) is 4.79 Å². The van der Waals surface area contributed by atoms with Crippen molar-refractivity contribution in [3.8, 4) is 11.4 Å². The predicted molar refractivity (Wildman–Crippen MR) is 95.0 cm³/mol. The number of aromatic nitrogens is 4. The first-order valence-corrected chi connectivity index (χ1v) is 8.50. The summed E-state index contributed by atoms with van der Waals surface area (Å²) in [5, 5.41) is 2.85. The number of carbonyl (C=O) groups excluding carboxylic acids is 1. The lowest BCUT2D eigenvalue weighted by molar-refractivity contribution is -0.116. The van der Waals surface area contributed by atoms with Crippen LogP contribution in [0.25, 0.3) is 11.4 Å². The van der Waals surface area contributed by atoms with Gasteiger partial charge >= 0.3 is 0 Å². The van der Waals surface area contributed by atoms with Crippen LogP contribution in [0.3, 0.4) is 0 Å². The molecule has 1 aliphatic carbocycles. The number of carbonyl (C=O) groups is 1. The summed E-state index contributed by atoms with van der Waals surface area (Å²) < 4.78 is 1.95. The van der Waals surface area contributed by atoms with Gasteiger partial charge in [-0.25, -0.2) is 15.0 Å². The molecule has 1 N–H and O–H groups in total. The van der Waals surface area contributed by atoms with Crippen molar-refractivity contribution in [1.29, 1.82) is 0 Å².